The molecular formula is C11H18N2OS. The van der Waals surface area contributed by atoms with E-state index >= 15 is 0 Å². The summed E-state index contributed by atoms with van der Waals surface area (Å²) in [6.45, 7) is 5.72. The van der Waals surface area contributed by atoms with E-state index in [2.05, 4.69) is 16.8 Å². The Morgan fingerprint density at radius 3 is 2.87 bits per heavy atom. The van der Waals surface area contributed by atoms with E-state index in [1.807, 2.05) is 5.38 Å². The fourth-order valence-corrected chi connectivity index (χ4v) is 2.73. The van der Waals surface area contributed by atoms with Gasteiger partial charge in [0.15, 0.2) is 0 Å². The molecule has 1 saturated heterocycles. The quantitative estimate of drug-likeness (QED) is 0.854. The molecule has 0 aliphatic carbocycles. The molecule has 0 unspecified atom stereocenters. The Balaban J connectivity index is 1.86. The normalized spacial score (nSPS) is 19.6. The maximum Gasteiger partial charge on any atom is 0.107 e. The molecule has 1 fully saturated rings. The number of aliphatic hydroxyl groups excluding tert-OH is 1. The number of likely N-dealkylation sites (tertiary alicyclic amines) is 1. The van der Waals surface area contributed by atoms with Gasteiger partial charge in [-0.15, -0.1) is 11.3 Å². The highest BCUT2D eigenvalue weighted by Crippen LogP contribution is 2.19. The van der Waals surface area contributed by atoms with Crippen LogP contribution in [0.1, 0.15) is 30.5 Å². The molecule has 2 rings (SSSR count). The summed E-state index contributed by atoms with van der Waals surface area (Å²) in [5.41, 5.74) is 0.806. The van der Waals surface area contributed by atoms with Gasteiger partial charge in [0, 0.05) is 5.38 Å². The van der Waals surface area contributed by atoms with E-state index in [4.69, 9.17) is 5.11 Å². The fraction of sp³-hybridized carbons (Fsp3) is 0.727. The molecule has 2 heterocycles. The van der Waals surface area contributed by atoms with Gasteiger partial charge in [-0.3, -0.25) is 4.90 Å². The van der Waals surface area contributed by atoms with Crippen molar-refractivity contribution in [2.45, 2.75) is 32.9 Å². The number of thiazole rings is 1. The molecule has 0 radical (unpaired) electrons. The fourth-order valence-electron chi connectivity index (χ4n) is 1.91. The summed E-state index contributed by atoms with van der Waals surface area (Å²) in [5.74, 6) is 0.880. The zero-order valence-corrected chi connectivity index (χ0v) is 9.96. The molecule has 4 heteroatoms. The molecule has 0 saturated carbocycles. The summed E-state index contributed by atoms with van der Waals surface area (Å²) in [6, 6.07) is 0. The predicted molar refractivity (Wildman–Crippen MR) is 61.7 cm³/mol. The monoisotopic (exact) mass is 226 g/mol. The Kier molecular flexibility index (Phi) is 3.72. The third kappa shape index (κ3) is 3.00. The molecule has 0 atom stereocenters. The van der Waals surface area contributed by atoms with Crippen LogP contribution in [0.5, 0.6) is 0 Å². The molecule has 1 aliphatic heterocycles. The lowest BCUT2D eigenvalue weighted by Crippen LogP contribution is -2.32. The van der Waals surface area contributed by atoms with Crippen LogP contribution in [0.3, 0.4) is 0 Å². The van der Waals surface area contributed by atoms with Gasteiger partial charge in [0.2, 0.25) is 0 Å². The largest absolute Gasteiger partial charge is 0.390 e. The zero-order valence-electron chi connectivity index (χ0n) is 9.15. The van der Waals surface area contributed by atoms with Crippen LogP contribution >= 0.6 is 11.3 Å². The van der Waals surface area contributed by atoms with Crippen molar-refractivity contribution in [2.24, 2.45) is 5.92 Å². The Hall–Kier alpha value is -0.450. The van der Waals surface area contributed by atoms with Crippen molar-refractivity contribution in [3.8, 4) is 0 Å². The highest BCUT2D eigenvalue weighted by Gasteiger charge is 2.16. The second-order valence-electron chi connectivity index (χ2n) is 4.35. The van der Waals surface area contributed by atoms with Crippen LogP contribution in [0.15, 0.2) is 5.38 Å². The average molecular weight is 226 g/mol. The van der Waals surface area contributed by atoms with Crippen LogP contribution in [0.2, 0.25) is 0 Å². The minimum Gasteiger partial charge on any atom is -0.390 e. The summed E-state index contributed by atoms with van der Waals surface area (Å²) >= 11 is 1.66. The molecule has 1 aromatic heterocycles. The Bertz CT molecular complexity index is 305. The number of aliphatic hydroxyl groups is 1. The third-order valence-electron chi connectivity index (χ3n) is 3.00. The van der Waals surface area contributed by atoms with Gasteiger partial charge in [0.1, 0.15) is 5.01 Å². The van der Waals surface area contributed by atoms with Crippen molar-refractivity contribution in [1.82, 2.24) is 9.88 Å². The standard InChI is InChI=1S/C11H18N2OS/c1-9-2-4-13(5-3-9)6-11-12-10(7-14)8-15-11/h8-9,14H,2-7H2,1H3. The van der Waals surface area contributed by atoms with Gasteiger partial charge < -0.3 is 5.11 Å². The average Bonchev–Trinajstić information content (AvgIpc) is 2.69. The molecular weight excluding hydrogens is 208 g/mol. The van der Waals surface area contributed by atoms with E-state index in [9.17, 15) is 0 Å². The summed E-state index contributed by atoms with van der Waals surface area (Å²) < 4.78 is 0. The summed E-state index contributed by atoms with van der Waals surface area (Å²) in [6.07, 6.45) is 2.61. The van der Waals surface area contributed by atoms with E-state index in [1.165, 1.54) is 25.9 Å². The van der Waals surface area contributed by atoms with E-state index in [1.54, 1.807) is 11.3 Å². The third-order valence-corrected chi connectivity index (χ3v) is 3.88. The van der Waals surface area contributed by atoms with Gasteiger partial charge >= 0.3 is 0 Å². The van der Waals surface area contributed by atoms with Crippen molar-refractivity contribution < 1.29 is 5.11 Å². The highest BCUT2D eigenvalue weighted by molar-refractivity contribution is 7.09. The maximum absolute atomic E-state index is 8.92. The molecule has 84 valence electrons. The van der Waals surface area contributed by atoms with Gasteiger partial charge in [-0.1, -0.05) is 6.92 Å². The predicted octanol–water partition coefficient (Wildman–Crippen LogP) is 1.87. The molecule has 0 bridgehead atoms. The van der Waals surface area contributed by atoms with E-state index in [0.717, 1.165) is 23.2 Å². The van der Waals surface area contributed by atoms with Crippen molar-refractivity contribution >= 4 is 11.3 Å². The molecule has 3 nitrogen and oxygen atoms in total. The zero-order chi connectivity index (χ0) is 10.7. The van der Waals surface area contributed by atoms with Gasteiger partial charge in [0.05, 0.1) is 18.8 Å². The smallest absolute Gasteiger partial charge is 0.107 e. The van der Waals surface area contributed by atoms with Crippen molar-refractivity contribution in [3.63, 3.8) is 0 Å². The summed E-state index contributed by atoms with van der Waals surface area (Å²) in [7, 11) is 0. The van der Waals surface area contributed by atoms with E-state index < -0.39 is 0 Å². The number of hydrogen-bond acceptors (Lipinski definition) is 4. The number of aromatic nitrogens is 1. The number of piperidine rings is 1. The van der Waals surface area contributed by atoms with Crippen LogP contribution in [0.4, 0.5) is 0 Å². The van der Waals surface area contributed by atoms with E-state index in [0.29, 0.717) is 0 Å². The van der Waals surface area contributed by atoms with Crippen LogP contribution in [0, 0.1) is 5.92 Å². The molecule has 0 spiro atoms. The Morgan fingerprint density at radius 1 is 1.53 bits per heavy atom. The Labute approximate surface area is 94.8 Å². The summed E-state index contributed by atoms with van der Waals surface area (Å²) in [4.78, 5) is 6.83. The molecule has 1 N–H and O–H groups in total. The molecule has 15 heavy (non-hydrogen) atoms. The molecule has 1 aromatic rings. The highest BCUT2D eigenvalue weighted by atomic mass is 32.1. The first-order chi connectivity index (χ1) is 7.28. The SMILES string of the molecule is CC1CCN(Cc2nc(CO)cs2)CC1. The minimum atomic E-state index is 0.0630. The van der Waals surface area contributed by atoms with Gasteiger partial charge in [-0.2, -0.15) is 0 Å². The first kappa shape index (κ1) is 11.0. The first-order valence-corrected chi connectivity index (χ1v) is 6.42. The van der Waals surface area contributed by atoms with Crippen molar-refractivity contribution in [1.29, 1.82) is 0 Å². The summed E-state index contributed by atoms with van der Waals surface area (Å²) in [5, 5.41) is 12.0. The second-order valence-corrected chi connectivity index (χ2v) is 5.29. The topological polar surface area (TPSA) is 36.4 Å². The minimum absolute atomic E-state index is 0.0630. The molecule has 1 aliphatic rings. The Morgan fingerprint density at radius 2 is 2.27 bits per heavy atom. The number of rotatable bonds is 3. The first-order valence-electron chi connectivity index (χ1n) is 5.54. The number of hydrogen-bond donors (Lipinski definition) is 1. The van der Waals surface area contributed by atoms with Crippen LogP contribution < -0.4 is 0 Å². The van der Waals surface area contributed by atoms with Crippen molar-refractivity contribution in [2.75, 3.05) is 13.1 Å². The maximum atomic E-state index is 8.92. The lowest BCUT2D eigenvalue weighted by Gasteiger charge is -2.29. The molecule has 0 aromatic carbocycles. The van der Waals surface area contributed by atoms with Gasteiger partial charge in [0.25, 0.3) is 0 Å². The number of nitrogens with zero attached hydrogens (tertiary/aromatic N) is 2. The lowest BCUT2D eigenvalue weighted by atomic mass is 9.99. The second kappa shape index (κ2) is 5.05. The van der Waals surface area contributed by atoms with Crippen LogP contribution in [-0.2, 0) is 13.2 Å². The van der Waals surface area contributed by atoms with Crippen molar-refractivity contribution in [3.05, 3.63) is 16.1 Å². The van der Waals surface area contributed by atoms with Gasteiger partial charge in [-0.05, 0) is 31.8 Å². The van der Waals surface area contributed by atoms with E-state index in [-0.39, 0.29) is 6.61 Å². The lowest BCUT2D eigenvalue weighted by molar-refractivity contribution is 0.185. The van der Waals surface area contributed by atoms with Gasteiger partial charge in [-0.25, -0.2) is 4.98 Å². The van der Waals surface area contributed by atoms with Crippen LogP contribution in [-0.4, -0.2) is 28.1 Å². The van der Waals surface area contributed by atoms with Crippen LogP contribution in [0.25, 0.3) is 0 Å². The molecule has 0 amide bonds.